The molecule has 0 aromatic heterocycles. The van der Waals surface area contributed by atoms with Crippen molar-refractivity contribution in [2.45, 2.75) is 38.8 Å². The Morgan fingerprint density at radius 2 is 1.00 bits per heavy atom. The molecular weight excluding hydrogens is 695 g/mol. The van der Waals surface area contributed by atoms with Gasteiger partial charge >= 0.3 is 0 Å². The molecule has 11 heteroatoms. The van der Waals surface area contributed by atoms with Crippen molar-refractivity contribution in [1.82, 2.24) is 29.8 Å². The Morgan fingerprint density at radius 1 is 0.538 bits per heavy atom. The van der Waals surface area contributed by atoms with E-state index in [0.717, 1.165) is 120 Å². The largest absolute Gasteiger partial charge is 0.340 e. The van der Waals surface area contributed by atoms with E-state index in [2.05, 4.69) is 32.1 Å². The third-order valence-corrected chi connectivity index (χ3v) is 11.3. The molecule has 4 heterocycles. The molecule has 7 rings (SSSR count). The van der Waals surface area contributed by atoms with E-state index < -0.39 is 0 Å². The van der Waals surface area contributed by atoms with E-state index >= 15 is 0 Å². The van der Waals surface area contributed by atoms with E-state index in [9.17, 15) is 14.4 Å². The lowest BCUT2D eigenvalue weighted by molar-refractivity contribution is -0.139. The number of nitrogens with one attached hydrogen (secondary N) is 1. The van der Waals surface area contributed by atoms with Crippen molar-refractivity contribution in [3.05, 3.63) is 106 Å². The third kappa shape index (κ3) is 10.8. The number of carbonyl (C=O) groups is 3. The molecule has 0 radical (unpaired) electrons. The number of hydrogen-bond acceptors (Lipinski definition) is 6. The summed E-state index contributed by atoms with van der Waals surface area (Å²) >= 11 is 12.1. The van der Waals surface area contributed by atoms with Gasteiger partial charge < -0.3 is 20.0 Å². The van der Waals surface area contributed by atoms with Gasteiger partial charge in [-0.1, -0.05) is 65.7 Å². The van der Waals surface area contributed by atoms with Crippen molar-refractivity contribution in [2.24, 2.45) is 11.8 Å². The lowest BCUT2D eigenvalue weighted by atomic mass is 9.94. The fourth-order valence-corrected chi connectivity index (χ4v) is 8.14. The van der Waals surface area contributed by atoms with E-state index in [1.54, 1.807) is 0 Å². The van der Waals surface area contributed by atoms with E-state index in [1.807, 2.05) is 76.5 Å². The summed E-state index contributed by atoms with van der Waals surface area (Å²) in [5.74, 6) is 0.953. The molecule has 4 aliphatic heterocycles. The first-order valence-corrected chi connectivity index (χ1v) is 19.6. The van der Waals surface area contributed by atoms with Gasteiger partial charge in [0.05, 0.1) is 0 Å². The molecule has 278 valence electrons. The van der Waals surface area contributed by atoms with Gasteiger partial charge in [0.2, 0.25) is 11.8 Å². The molecule has 3 amide bonds. The van der Waals surface area contributed by atoms with Gasteiger partial charge in [-0.15, -0.1) is 0 Å². The van der Waals surface area contributed by atoms with Crippen LogP contribution in [0.15, 0.2) is 78.9 Å². The molecule has 9 nitrogen and oxygen atoms in total. The summed E-state index contributed by atoms with van der Waals surface area (Å²) in [6.07, 6.45) is 3.48. The van der Waals surface area contributed by atoms with Crippen LogP contribution in [0.1, 0.15) is 47.2 Å². The Morgan fingerprint density at radius 3 is 1.46 bits per heavy atom. The molecule has 0 unspecified atom stereocenters. The summed E-state index contributed by atoms with van der Waals surface area (Å²) in [6.45, 7) is 11.9. The van der Waals surface area contributed by atoms with Crippen molar-refractivity contribution in [3.63, 3.8) is 0 Å². The van der Waals surface area contributed by atoms with Gasteiger partial charge in [0.15, 0.2) is 0 Å². The van der Waals surface area contributed by atoms with Gasteiger partial charge in [-0.05, 0) is 86.3 Å². The SMILES string of the molecule is O=C(C1CCNCC1)N1CCN(Cc2cccc(Cl)c2)CC1.O=C(c1ccccc1)N1CCC(C(=O)N2CCN(Cc3cccc(Cl)c3)CC2)CC1. The van der Waals surface area contributed by atoms with Crippen molar-refractivity contribution in [3.8, 4) is 0 Å². The molecule has 4 fully saturated rings. The number of rotatable bonds is 7. The minimum absolute atomic E-state index is 0.0318. The lowest BCUT2D eigenvalue weighted by Crippen LogP contribution is -2.51. The molecule has 4 aliphatic rings. The van der Waals surface area contributed by atoms with Crippen LogP contribution >= 0.6 is 23.2 Å². The minimum atomic E-state index is 0.0318. The Balaban J connectivity index is 0.000000187. The number of amides is 3. The Kier molecular flexibility index (Phi) is 14.0. The van der Waals surface area contributed by atoms with E-state index in [4.69, 9.17) is 23.2 Å². The summed E-state index contributed by atoms with van der Waals surface area (Å²) in [5, 5.41) is 4.87. The van der Waals surface area contributed by atoms with Gasteiger partial charge in [0.25, 0.3) is 5.91 Å². The molecule has 1 N–H and O–H groups in total. The van der Waals surface area contributed by atoms with Crippen LogP contribution in [-0.4, -0.2) is 121 Å². The van der Waals surface area contributed by atoms with Crippen LogP contribution in [0.5, 0.6) is 0 Å². The molecule has 0 spiro atoms. The highest BCUT2D eigenvalue weighted by Crippen LogP contribution is 2.23. The Hall–Kier alpha value is -3.47. The number of nitrogens with zero attached hydrogens (tertiary/aromatic N) is 5. The van der Waals surface area contributed by atoms with Crippen molar-refractivity contribution in [1.29, 1.82) is 0 Å². The number of halogens is 2. The molecule has 3 aromatic rings. The highest BCUT2D eigenvalue weighted by atomic mass is 35.5. The minimum Gasteiger partial charge on any atom is -0.340 e. The predicted molar refractivity (Wildman–Crippen MR) is 207 cm³/mol. The quantitative estimate of drug-likeness (QED) is 0.343. The first-order valence-electron chi connectivity index (χ1n) is 18.9. The monoisotopic (exact) mass is 746 g/mol. The molecular formula is C41H52Cl2N6O3. The van der Waals surface area contributed by atoms with Gasteiger partial charge in [0, 0.05) is 106 Å². The normalized spacial score (nSPS) is 19.5. The van der Waals surface area contributed by atoms with Gasteiger partial charge in [-0.25, -0.2) is 0 Å². The summed E-state index contributed by atoms with van der Waals surface area (Å²) < 4.78 is 0. The zero-order valence-corrected chi connectivity index (χ0v) is 31.6. The average molecular weight is 748 g/mol. The summed E-state index contributed by atoms with van der Waals surface area (Å²) in [5.41, 5.74) is 3.17. The maximum Gasteiger partial charge on any atom is 0.253 e. The first-order chi connectivity index (χ1) is 25.3. The standard InChI is InChI=1S/C24H28ClN3O2.C17H24ClN3O/c25-22-8-4-5-19(17-22)18-26-13-15-28(16-14-26)24(30)21-9-11-27(12-10-21)23(29)20-6-2-1-3-7-20;18-16-3-1-2-14(12-16)13-20-8-10-21(11-9-20)17(22)15-4-6-19-7-5-15/h1-8,17,21H,9-16,18H2;1-3,12,15,19H,4-11,13H2. The van der Waals surface area contributed by atoms with Gasteiger partial charge in [0.1, 0.15) is 0 Å². The predicted octanol–water partition coefficient (Wildman–Crippen LogP) is 5.52. The molecule has 0 atom stereocenters. The van der Waals surface area contributed by atoms with Crippen molar-refractivity contribution < 1.29 is 14.4 Å². The molecule has 0 aliphatic carbocycles. The Labute approximate surface area is 318 Å². The van der Waals surface area contributed by atoms with Gasteiger partial charge in [-0.3, -0.25) is 24.2 Å². The molecule has 4 saturated heterocycles. The van der Waals surface area contributed by atoms with Crippen LogP contribution in [0.4, 0.5) is 0 Å². The van der Waals surface area contributed by atoms with E-state index in [1.165, 1.54) is 11.1 Å². The maximum absolute atomic E-state index is 13.0. The van der Waals surface area contributed by atoms with E-state index in [0.29, 0.717) is 19.0 Å². The lowest BCUT2D eigenvalue weighted by Gasteiger charge is -2.38. The van der Waals surface area contributed by atoms with Gasteiger partial charge in [-0.2, -0.15) is 0 Å². The molecule has 0 saturated carbocycles. The first kappa shape index (κ1) is 38.3. The molecule has 0 bridgehead atoms. The van der Waals surface area contributed by atoms with Crippen molar-refractivity contribution in [2.75, 3.05) is 78.5 Å². The van der Waals surface area contributed by atoms with Crippen LogP contribution in [0.3, 0.4) is 0 Å². The molecule has 52 heavy (non-hydrogen) atoms. The van der Waals surface area contributed by atoms with Crippen LogP contribution < -0.4 is 5.32 Å². The topological polar surface area (TPSA) is 79.4 Å². The summed E-state index contributed by atoms with van der Waals surface area (Å²) in [7, 11) is 0. The number of benzene rings is 3. The average Bonchev–Trinajstić information content (AvgIpc) is 3.19. The third-order valence-electron chi connectivity index (χ3n) is 10.8. The van der Waals surface area contributed by atoms with Crippen molar-refractivity contribution >= 4 is 40.9 Å². The summed E-state index contributed by atoms with van der Waals surface area (Å²) in [6, 6.07) is 25.4. The number of carbonyl (C=O) groups excluding carboxylic acids is 3. The van der Waals surface area contributed by atoms with Crippen LogP contribution in [0.25, 0.3) is 0 Å². The van der Waals surface area contributed by atoms with E-state index in [-0.39, 0.29) is 23.7 Å². The number of piperidine rings is 2. The van der Waals surface area contributed by atoms with Crippen LogP contribution in [0.2, 0.25) is 10.0 Å². The number of piperazine rings is 2. The number of hydrogen-bond donors (Lipinski definition) is 1. The highest BCUT2D eigenvalue weighted by Gasteiger charge is 2.32. The second-order valence-corrected chi connectivity index (χ2v) is 15.3. The maximum atomic E-state index is 13.0. The summed E-state index contributed by atoms with van der Waals surface area (Å²) in [4.78, 5) is 48.8. The fraction of sp³-hybridized carbons (Fsp3) is 0.488. The zero-order valence-electron chi connectivity index (χ0n) is 30.1. The second kappa shape index (κ2) is 19.0. The zero-order chi connectivity index (χ0) is 36.3. The molecule has 3 aromatic carbocycles. The van der Waals surface area contributed by atoms with Crippen LogP contribution in [0, 0.1) is 11.8 Å². The second-order valence-electron chi connectivity index (χ2n) is 14.4. The highest BCUT2D eigenvalue weighted by molar-refractivity contribution is 6.30. The number of likely N-dealkylation sites (tertiary alicyclic amines) is 1. The Bertz CT molecular complexity index is 1610. The smallest absolute Gasteiger partial charge is 0.253 e. The van der Waals surface area contributed by atoms with Crippen LogP contribution in [-0.2, 0) is 22.7 Å². The fourth-order valence-electron chi connectivity index (χ4n) is 7.72.